The van der Waals surface area contributed by atoms with Crippen LogP contribution in [0.4, 0.5) is 14.6 Å². The lowest BCUT2D eigenvalue weighted by Crippen LogP contribution is -2.37. The normalized spacial score (nSPS) is 23.4. The first kappa shape index (κ1) is 12.3. The van der Waals surface area contributed by atoms with Crippen LogP contribution in [0.5, 0.6) is 0 Å². The Labute approximate surface area is 118 Å². The predicted molar refractivity (Wildman–Crippen MR) is 70.1 cm³/mol. The maximum atomic E-state index is 13.3. The van der Waals surface area contributed by atoms with Gasteiger partial charge in [-0.15, -0.1) is 0 Å². The summed E-state index contributed by atoms with van der Waals surface area (Å²) in [7, 11) is 0. The van der Waals surface area contributed by atoms with Crippen molar-refractivity contribution in [3.8, 4) is 0 Å². The fourth-order valence-electron chi connectivity index (χ4n) is 3.00. The molecule has 20 heavy (non-hydrogen) atoms. The van der Waals surface area contributed by atoms with Gasteiger partial charge in [0.25, 0.3) is 5.92 Å². The van der Waals surface area contributed by atoms with E-state index >= 15 is 0 Å². The summed E-state index contributed by atoms with van der Waals surface area (Å²) in [5.74, 6) is -1.80. The number of hydrogen-bond acceptors (Lipinski definition) is 4. The van der Waals surface area contributed by atoms with Crippen LogP contribution in [0.15, 0.2) is 6.20 Å². The van der Waals surface area contributed by atoms with Crippen molar-refractivity contribution in [2.75, 3.05) is 18.0 Å². The van der Waals surface area contributed by atoms with Gasteiger partial charge < -0.3 is 4.90 Å². The van der Waals surface area contributed by atoms with Gasteiger partial charge in [-0.05, 0) is 12.8 Å². The number of piperidine rings is 1. The molecule has 0 aromatic carbocycles. The molecule has 2 aliphatic rings. The molecule has 106 valence electrons. The van der Waals surface area contributed by atoms with Crippen LogP contribution in [0.2, 0.25) is 5.15 Å². The van der Waals surface area contributed by atoms with E-state index in [-0.39, 0.29) is 6.42 Å². The van der Waals surface area contributed by atoms with E-state index in [4.69, 9.17) is 11.6 Å². The van der Waals surface area contributed by atoms with Gasteiger partial charge in [-0.2, -0.15) is 5.10 Å². The van der Waals surface area contributed by atoms with Crippen LogP contribution in [-0.4, -0.2) is 39.2 Å². The molecule has 1 spiro atoms. The van der Waals surface area contributed by atoms with Gasteiger partial charge in [0, 0.05) is 24.9 Å². The van der Waals surface area contributed by atoms with Gasteiger partial charge in [-0.25, -0.2) is 18.7 Å². The minimum absolute atomic E-state index is 0.0352. The average molecular weight is 300 g/mol. The third kappa shape index (κ3) is 1.62. The fourth-order valence-corrected chi connectivity index (χ4v) is 3.17. The van der Waals surface area contributed by atoms with E-state index in [1.165, 1.54) is 0 Å². The molecule has 0 unspecified atom stereocenters. The number of fused-ring (bicyclic) bond motifs is 1. The van der Waals surface area contributed by atoms with E-state index in [0.29, 0.717) is 48.1 Å². The molecule has 8 heteroatoms. The average Bonchev–Trinajstić information content (AvgIpc) is 2.78. The Kier molecular flexibility index (Phi) is 2.32. The Balaban J connectivity index is 1.56. The zero-order valence-electron chi connectivity index (χ0n) is 10.5. The molecule has 0 radical (unpaired) electrons. The van der Waals surface area contributed by atoms with Gasteiger partial charge >= 0.3 is 0 Å². The van der Waals surface area contributed by atoms with Crippen LogP contribution in [0, 0.1) is 5.41 Å². The van der Waals surface area contributed by atoms with Crippen molar-refractivity contribution in [2.24, 2.45) is 5.41 Å². The van der Waals surface area contributed by atoms with Crippen LogP contribution >= 0.6 is 11.6 Å². The molecule has 0 atom stereocenters. The Morgan fingerprint density at radius 1 is 1.30 bits per heavy atom. The van der Waals surface area contributed by atoms with E-state index in [2.05, 4.69) is 20.2 Å². The van der Waals surface area contributed by atoms with Crippen LogP contribution in [0.1, 0.15) is 19.3 Å². The first-order chi connectivity index (χ1) is 9.51. The van der Waals surface area contributed by atoms with Crippen molar-refractivity contribution < 1.29 is 8.78 Å². The second-order valence-corrected chi connectivity index (χ2v) is 5.96. The number of aromatic amines is 1. The molecule has 3 heterocycles. The molecule has 4 rings (SSSR count). The lowest BCUT2D eigenvalue weighted by molar-refractivity contribution is 0.0536. The quantitative estimate of drug-likeness (QED) is 0.879. The van der Waals surface area contributed by atoms with Gasteiger partial charge in [-0.1, -0.05) is 11.6 Å². The van der Waals surface area contributed by atoms with E-state index < -0.39 is 11.3 Å². The highest BCUT2D eigenvalue weighted by molar-refractivity contribution is 6.33. The molecule has 2 aromatic rings. The highest BCUT2D eigenvalue weighted by atomic mass is 35.5. The van der Waals surface area contributed by atoms with Gasteiger partial charge in [0.2, 0.25) is 5.65 Å². The minimum atomic E-state index is -2.47. The Morgan fingerprint density at radius 2 is 2.00 bits per heavy atom. The molecule has 2 fully saturated rings. The van der Waals surface area contributed by atoms with Gasteiger partial charge in [-0.3, -0.25) is 5.10 Å². The molecular weight excluding hydrogens is 288 g/mol. The van der Waals surface area contributed by atoms with Gasteiger partial charge in [0.05, 0.1) is 6.20 Å². The molecule has 1 aliphatic carbocycles. The lowest BCUT2D eigenvalue weighted by atomic mass is 9.93. The first-order valence-electron chi connectivity index (χ1n) is 6.50. The van der Waals surface area contributed by atoms with Crippen LogP contribution in [0.3, 0.4) is 0 Å². The van der Waals surface area contributed by atoms with E-state index in [9.17, 15) is 8.78 Å². The number of aromatic nitrogens is 4. The maximum absolute atomic E-state index is 13.3. The summed E-state index contributed by atoms with van der Waals surface area (Å²) in [6.45, 7) is 1.15. The third-order valence-electron chi connectivity index (χ3n) is 4.47. The molecule has 1 saturated carbocycles. The largest absolute Gasteiger partial charge is 0.355 e. The van der Waals surface area contributed by atoms with E-state index in [0.717, 1.165) is 0 Å². The standard InChI is InChI=1S/C12H12ClF2N5/c13-9-8-10(19-18-9)17-7(5-16-8)20-3-1-11(2-4-20)6-12(11,14)15/h5H,1-4,6H2,(H,17,18,19). The first-order valence-corrected chi connectivity index (χ1v) is 6.88. The molecular formula is C12H12ClF2N5. The highest BCUT2D eigenvalue weighted by Gasteiger charge is 2.70. The monoisotopic (exact) mass is 299 g/mol. The second-order valence-electron chi connectivity index (χ2n) is 5.59. The molecule has 0 bridgehead atoms. The lowest BCUT2D eigenvalue weighted by Gasteiger charge is -2.32. The minimum Gasteiger partial charge on any atom is -0.355 e. The second kappa shape index (κ2) is 3.78. The number of alkyl halides is 2. The number of rotatable bonds is 1. The Morgan fingerprint density at radius 3 is 2.65 bits per heavy atom. The zero-order chi connectivity index (χ0) is 14.0. The summed E-state index contributed by atoms with van der Waals surface area (Å²) in [6, 6.07) is 0. The number of nitrogens with zero attached hydrogens (tertiary/aromatic N) is 4. The number of nitrogens with one attached hydrogen (secondary N) is 1. The summed E-state index contributed by atoms with van der Waals surface area (Å²) in [5, 5.41) is 6.93. The number of hydrogen-bond donors (Lipinski definition) is 1. The number of halogens is 3. The summed E-state index contributed by atoms with van der Waals surface area (Å²) in [5.41, 5.74) is 0.221. The smallest absolute Gasteiger partial charge is 0.254 e. The topological polar surface area (TPSA) is 57.7 Å². The summed E-state index contributed by atoms with van der Waals surface area (Å²) < 4.78 is 26.7. The highest BCUT2D eigenvalue weighted by Crippen LogP contribution is 2.65. The van der Waals surface area contributed by atoms with Crippen molar-refractivity contribution in [1.29, 1.82) is 0 Å². The molecule has 1 N–H and O–H groups in total. The Bertz CT molecular complexity index is 678. The van der Waals surface area contributed by atoms with Crippen molar-refractivity contribution in [2.45, 2.75) is 25.2 Å². The van der Waals surface area contributed by atoms with Crippen molar-refractivity contribution >= 4 is 28.6 Å². The van der Waals surface area contributed by atoms with Crippen molar-refractivity contribution in [1.82, 2.24) is 20.2 Å². The van der Waals surface area contributed by atoms with Crippen LogP contribution in [0.25, 0.3) is 11.2 Å². The summed E-state index contributed by atoms with van der Waals surface area (Å²) in [4.78, 5) is 10.6. The SMILES string of the molecule is FC1(F)CC12CCN(c1cnc3c(Cl)[nH]nc3n1)CC2. The molecule has 1 saturated heterocycles. The summed E-state index contributed by atoms with van der Waals surface area (Å²) in [6.07, 6.45) is 2.66. The van der Waals surface area contributed by atoms with Crippen LogP contribution in [-0.2, 0) is 0 Å². The van der Waals surface area contributed by atoms with Crippen molar-refractivity contribution in [3.63, 3.8) is 0 Å². The van der Waals surface area contributed by atoms with Gasteiger partial charge in [0.1, 0.15) is 11.3 Å². The maximum Gasteiger partial charge on any atom is 0.254 e. The third-order valence-corrected chi connectivity index (χ3v) is 4.73. The molecule has 1 aliphatic heterocycles. The molecule has 0 amide bonds. The predicted octanol–water partition coefficient (Wildman–Crippen LogP) is 2.63. The van der Waals surface area contributed by atoms with Gasteiger partial charge in [0.15, 0.2) is 5.15 Å². The fraction of sp³-hybridized carbons (Fsp3) is 0.583. The molecule has 2 aromatic heterocycles. The van der Waals surface area contributed by atoms with E-state index in [1.807, 2.05) is 4.90 Å². The van der Waals surface area contributed by atoms with E-state index in [1.54, 1.807) is 6.20 Å². The molecule has 5 nitrogen and oxygen atoms in total. The van der Waals surface area contributed by atoms with Crippen LogP contribution < -0.4 is 4.90 Å². The zero-order valence-corrected chi connectivity index (χ0v) is 11.3. The number of H-pyrrole nitrogens is 1. The van der Waals surface area contributed by atoms with Crippen molar-refractivity contribution in [3.05, 3.63) is 11.3 Å². The Hall–Kier alpha value is -1.50. The number of anilines is 1. The summed E-state index contributed by atoms with van der Waals surface area (Å²) >= 11 is 5.87.